The van der Waals surface area contributed by atoms with Gasteiger partial charge in [-0.3, -0.25) is 0 Å². The second kappa shape index (κ2) is 6.23. The highest BCUT2D eigenvalue weighted by Crippen LogP contribution is 2.27. The zero-order valence-corrected chi connectivity index (χ0v) is 11.5. The van der Waals surface area contributed by atoms with Gasteiger partial charge < -0.3 is 15.8 Å². The molecular weight excluding hydrogens is 268 g/mol. The molecule has 1 aromatic rings. The van der Waals surface area contributed by atoms with Crippen molar-refractivity contribution in [3.8, 4) is 5.75 Å². The topological polar surface area (TPSA) is 47.3 Å². The van der Waals surface area contributed by atoms with Gasteiger partial charge in [-0.15, -0.1) is 0 Å². The summed E-state index contributed by atoms with van der Waals surface area (Å²) in [7, 11) is 1.66. The third kappa shape index (κ3) is 3.47. The first-order chi connectivity index (χ1) is 7.58. The fourth-order valence-electron chi connectivity index (χ4n) is 1.54. The van der Waals surface area contributed by atoms with Crippen molar-refractivity contribution in [1.29, 1.82) is 0 Å². The molecule has 3 nitrogen and oxygen atoms in total. The van der Waals surface area contributed by atoms with E-state index in [-0.39, 0.29) is 6.04 Å². The second-order valence-electron chi connectivity index (χ2n) is 3.92. The Balaban J connectivity index is 2.76. The maximum atomic E-state index is 5.58. The van der Waals surface area contributed by atoms with E-state index in [1.807, 2.05) is 6.07 Å². The Morgan fingerprint density at radius 1 is 1.44 bits per heavy atom. The normalized spacial score (nSPS) is 14.6. The second-order valence-corrected chi connectivity index (χ2v) is 4.77. The zero-order valence-electron chi connectivity index (χ0n) is 9.96. The molecule has 0 heterocycles. The number of hydrogen-bond donors (Lipinski definition) is 2. The van der Waals surface area contributed by atoms with Gasteiger partial charge >= 0.3 is 0 Å². The lowest BCUT2D eigenvalue weighted by Crippen LogP contribution is -2.35. The van der Waals surface area contributed by atoms with Crippen molar-refractivity contribution >= 4 is 15.9 Å². The molecule has 16 heavy (non-hydrogen) atoms. The van der Waals surface area contributed by atoms with E-state index in [0.29, 0.717) is 12.6 Å². The smallest absolute Gasteiger partial charge is 0.133 e. The van der Waals surface area contributed by atoms with Crippen molar-refractivity contribution in [2.45, 2.75) is 25.9 Å². The van der Waals surface area contributed by atoms with Crippen molar-refractivity contribution < 1.29 is 4.74 Å². The number of rotatable bonds is 5. The minimum atomic E-state index is 0.278. The quantitative estimate of drug-likeness (QED) is 0.874. The highest BCUT2D eigenvalue weighted by Gasteiger charge is 2.10. The van der Waals surface area contributed by atoms with E-state index < -0.39 is 0 Å². The zero-order chi connectivity index (χ0) is 12.1. The van der Waals surface area contributed by atoms with E-state index in [1.165, 1.54) is 5.56 Å². The van der Waals surface area contributed by atoms with Crippen molar-refractivity contribution in [1.82, 2.24) is 5.32 Å². The monoisotopic (exact) mass is 286 g/mol. The minimum Gasteiger partial charge on any atom is -0.496 e. The Kier molecular flexibility index (Phi) is 5.25. The molecule has 0 spiro atoms. The van der Waals surface area contributed by atoms with E-state index in [1.54, 1.807) is 7.11 Å². The van der Waals surface area contributed by atoms with Gasteiger partial charge in [0.25, 0.3) is 0 Å². The molecule has 0 saturated heterocycles. The molecular formula is C12H19BrN2O. The molecule has 2 atom stereocenters. The first-order valence-electron chi connectivity index (χ1n) is 5.38. The minimum absolute atomic E-state index is 0.278. The summed E-state index contributed by atoms with van der Waals surface area (Å²) < 4.78 is 6.17. The summed E-state index contributed by atoms with van der Waals surface area (Å²) in [5.74, 6) is 0.850. The maximum Gasteiger partial charge on any atom is 0.133 e. The molecule has 0 amide bonds. The van der Waals surface area contributed by atoms with Gasteiger partial charge in [0, 0.05) is 18.6 Å². The molecule has 0 fully saturated rings. The summed E-state index contributed by atoms with van der Waals surface area (Å²) in [5, 5.41) is 3.42. The van der Waals surface area contributed by atoms with Gasteiger partial charge in [-0.1, -0.05) is 6.07 Å². The van der Waals surface area contributed by atoms with Crippen LogP contribution in [-0.4, -0.2) is 19.7 Å². The fraction of sp³-hybridized carbons (Fsp3) is 0.500. The molecule has 2 unspecified atom stereocenters. The van der Waals surface area contributed by atoms with Crippen LogP contribution in [0.4, 0.5) is 0 Å². The fourth-order valence-corrected chi connectivity index (χ4v) is 2.10. The van der Waals surface area contributed by atoms with Gasteiger partial charge in [0.2, 0.25) is 0 Å². The Morgan fingerprint density at radius 2 is 2.12 bits per heavy atom. The van der Waals surface area contributed by atoms with Gasteiger partial charge in [-0.2, -0.15) is 0 Å². The van der Waals surface area contributed by atoms with Crippen molar-refractivity contribution in [2.75, 3.05) is 13.7 Å². The number of hydrogen-bond acceptors (Lipinski definition) is 3. The summed E-state index contributed by atoms with van der Waals surface area (Å²) in [4.78, 5) is 0. The Bertz CT molecular complexity index is 344. The van der Waals surface area contributed by atoms with Crippen LogP contribution in [0.15, 0.2) is 22.7 Å². The molecule has 0 saturated carbocycles. The molecule has 1 aromatic carbocycles. The van der Waals surface area contributed by atoms with E-state index in [9.17, 15) is 0 Å². The van der Waals surface area contributed by atoms with Crippen LogP contribution in [0.25, 0.3) is 0 Å². The Hall–Kier alpha value is -0.580. The molecule has 1 rings (SSSR count). The van der Waals surface area contributed by atoms with Gasteiger partial charge in [0.15, 0.2) is 0 Å². The lowest BCUT2D eigenvalue weighted by atomic mass is 10.1. The van der Waals surface area contributed by atoms with Crippen LogP contribution >= 0.6 is 15.9 Å². The third-order valence-electron chi connectivity index (χ3n) is 2.56. The average molecular weight is 287 g/mol. The van der Waals surface area contributed by atoms with Gasteiger partial charge in [-0.25, -0.2) is 0 Å². The Labute approximate surface area is 105 Å². The molecule has 4 heteroatoms. The molecule has 0 aromatic heterocycles. The van der Waals surface area contributed by atoms with Gasteiger partial charge in [0.1, 0.15) is 5.75 Å². The lowest BCUT2D eigenvalue weighted by molar-refractivity contribution is 0.411. The summed E-state index contributed by atoms with van der Waals surface area (Å²) in [6.07, 6.45) is 0. The summed E-state index contributed by atoms with van der Waals surface area (Å²) >= 11 is 3.48. The van der Waals surface area contributed by atoms with Crippen LogP contribution in [0.1, 0.15) is 25.5 Å². The van der Waals surface area contributed by atoms with E-state index >= 15 is 0 Å². The van der Waals surface area contributed by atoms with E-state index in [2.05, 4.69) is 47.2 Å². The molecule has 3 N–H and O–H groups in total. The number of nitrogens with one attached hydrogen (secondary N) is 1. The predicted molar refractivity (Wildman–Crippen MR) is 70.8 cm³/mol. The molecule has 0 aliphatic heterocycles. The van der Waals surface area contributed by atoms with Crippen LogP contribution in [0, 0.1) is 0 Å². The van der Waals surface area contributed by atoms with Crippen molar-refractivity contribution in [2.24, 2.45) is 5.73 Å². The van der Waals surface area contributed by atoms with Crippen LogP contribution in [-0.2, 0) is 0 Å². The highest BCUT2D eigenvalue weighted by molar-refractivity contribution is 9.10. The average Bonchev–Trinajstić information content (AvgIpc) is 2.28. The highest BCUT2D eigenvalue weighted by atomic mass is 79.9. The first kappa shape index (κ1) is 13.5. The van der Waals surface area contributed by atoms with E-state index in [0.717, 1.165) is 10.2 Å². The van der Waals surface area contributed by atoms with E-state index in [4.69, 9.17) is 10.5 Å². The SMILES string of the molecule is COc1ccc(C(C)NC(C)CN)cc1Br. The molecule has 0 aliphatic carbocycles. The molecule has 90 valence electrons. The number of nitrogens with two attached hydrogens (primary N) is 1. The van der Waals surface area contributed by atoms with Crippen LogP contribution in [0.3, 0.4) is 0 Å². The standard InChI is InChI=1S/C12H19BrN2O/c1-8(7-14)15-9(2)10-4-5-12(16-3)11(13)6-10/h4-6,8-9,15H,7,14H2,1-3H3. The lowest BCUT2D eigenvalue weighted by Gasteiger charge is -2.19. The molecule has 0 bridgehead atoms. The maximum absolute atomic E-state index is 5.58. The molecule has 0 radical (unpaired) electrons. The Morgan fingerprint density at radius 3 is 2.62 bits per heavy atom. The molecule has 0 aliphatic rings. The van der Waals surface area contributed by atoms with Gasteiger partial charge in [0.05, 0.1) is 11.6 Å². The first-order valence-corrected chi connectivity index (χ1v) is 6.17. The number of ether oxygens (including phenoxy) is 1. The van der Waals surface area contributed by atoms with Crippen LogP contribution in [0.2, 0.25) is 0 Å². The number of methoxy groups -OCH3 is 1. The summed E-state index contributed by atoms with van der Waals surface area (Å²) in [6.45, 7) is 4.84. The number of benzene rings is 1. The summed E-state index contributed by atoms with van der Waals surface area (Å²) in [5.41, 5.74) is 6.80. The third-order valence-corrected chi connectivity index (χ3v) is 3.18. The van der Waals surface area contributed by atoms with Crippen molar-refractivity contribution in [3.05, 3.63) is 28.2 Å². The van der Waals surface area contributed by atoms with Crippen LogP contribution < -0.4 is 15.8 Å². The van der Waals surface area contributed by atoms with Gasteiger partial charge in [-0.05, 0) is 47.5 Å². The number of halogens is 1. The largest absolute Gasteiger partial charge is 0.496 e. The van der Waals surface area contributed by atoms with Crippen molar-refractivity contribution in [3.63, 3.8) is 0 Å². The summed E-state index contributed by atoms with van der Waals surface area (Å²) in [6, 6.07) is 6.69. The van der Waals surface area contributed by atoms with Crippen LogP contribution in [0.5, 0.6) is 5.75 Å². The predicted octanol–water partition coefficient (Wildman–Crippen LogP) is 2.46.